The van der Waals surface area contributed by atoms with E-state index in [1.54, 1.807) is 0 Å². The first-order valence-electron chi connectivity index (χ1n) is 3.69. The van der Waals surface area contributed by atoms with E-state index in [0.29, 0.717) is 19.0 Å². The lowest BCUT2D eigenvalue weighted by Gasteiger charge is -2.20. The molecule has 0 aliphatic carbocycles. The van der Waals surface area contributed by atoms with Gasteiger partial charge in [-0.2, -0.15) is 0 Å². The molecule has 1 fully saturated rings. The van der Waals surface area contributed by atoms with Crippen LogP contribution in [0, 0.1) is 5.92 Å². The van der Waals surface area contributed by atoms with Gasteiger partial charge in [-0.25, -0.2) is 0 Å². The Labute approximate surface area is 72.9 Å². The third-order valence-corrected chi connectivity index (χ3v) is 1.86. The van der Waals surface area contributed by atoms with E-state index in [1.165, 1.54) is 0 Å². The fourth-order valence-electron chi connectivity index (χ4n) is 1.22. The fourth-order valence-corrected chi connectivity index (χ4v) is 1.22. The molecule has 4 heteroatoms. The summed E-state index contributed by atoms with van der Waals surface area (Å²) in [5.41, 5.74) is 0. The van der Waals surface area contributed by atoms with E-state index in [0.717, 1.165) is 25.9 Å². The minimum atomic E-state index is 0. The van der Waals surface area contributed by atoms with Gasteiger partial charge in [-0.05, 0) is 31.8 Å². The maximum Gasteiger partial charge on any atom is 0.293 e. The van der Waals surface area contributed by atoms with E-state index in [9.17, 15) is 4.79 Å². The van der Waals surface area contributed by atoms with Crippen molar-refractivity contribution in [1.82, 2.24) is 5.32 Å². The Morgan fingerprint density at radius 2 is 2.09 bits per heavy atom. The van der Waals surface area contributed by atoms with Crippen LogP contribution in [-0.2, 0) is 9.53 Å². The summed E-state index contributed by atoms with van der Waals surface area (Å²) in [5.74, 6) is 0.589. The Morgan fingerprint density at radius 1 is 1.45 bits per heavy atom. The molecule has 11 heavy (non-hydrogen) atoms. The molecule has 0 bridgehead atoms. The Kier molecular flexibility index (Phi) is 6.27. The summed E-state index contributed by atoms with van der Waals surface area (Å²) in [6, 6.07) is 0. The van der Waals surface area contributed by atoms with Gasteiger partial charge in [-0.3, -0.25) is 4.79 Å². The van der Waals surface area contributed by atoms with E-state index < -0.39 is 0 Å². The molecule has 1 aliphatic rings. The van der Waals surface area contributed by atoms with Crippen molar-refractivity contribution in [2.75, 3.05) is 19.7 Å². The van der Waals surface area contributed by atoms with Gasteiger partial charge < -0.3 is 10.1 Å². The summed E-state index contributed by atoms with van der Waals surface area (Å²) >= 11 is 0. The SMILES string of the molecule is Cl.O=COCC1CCNCC1. The summed E-state index contributed by atoms with van der Waals surface area (Å²) in [5, 5.41) is 3.25. The van der Waals surface area contributed by atoms with Crippen LogP contribution in [0.3, 0.4) is 0 Å². The van der Waals surface area contributed by atoms with Gasteiger partial charge in [0.2, 0.25) is 0 Å². The van der Waals surface area contributed by atoms with Gasteiger partial charge in [0.1, 0.15) is 0 Å². The molecule has 0 spiro atoms. The number of rotatable bonds is 3. The Balaban J connectivity index is 0.000001000. The minimum absolute atomic E-state index is 0. The third-order valence-electron chi connectivity index (χ3n) is 1.86. The predicted octanol–water partition coefficient (Wildman–Crippen LogP) is 0.581. The van der Waals surface area contributed by atoms with Crippen molar-refractivity contribution < 1.29 is 9.53 Å². The maximum atomic E-state index is 9.81. The molecule has 1 N–H and O–H groups in total. The van der Waals surface area contributed by atoms with E-state index in [4.69, 9.17) is 0 Å². The van der Waals surface area contributed by atoms with E-state index in [2.05, 4.69) is 10.1 Å². The van der Waals surface area contributed by atoms with Crippen LogP contribution in [0.15, 0.2) is 0 Å². The summed E-state index contributed by atoms with van der Waals surface area (Å²) in [4.78, 5) is 9.81. The zero-order chi connectivity index (χ0) is 7.23. The van der Waals surface area contributed by atoms with Crippen molar-refractivity contribution in [3.8, 4) is 0 Å². The zero-order valence-corrected chi connectivity index (χ0v) is 7.23. The smallest absolute Gasteiger partial charge is 0.293 e. The van der Waals surface area contributed by atoms with Crippen LogP contribution in [0.25, 0.3) is 0 Å². The highest BCUT2D eigenvalue weighted by Gasteiger charge is 2.12. The Bertz CT molecular complexity index is 105. The molecule has 0 amide bonds. The van der Waals surface area contributed by atoms with Crippen molar-refractivity contribution in [2.45, 2.75) is 12.8 Å². The number of nitrogens with one attached hydrogen (secondary N) is 1. The number of carbonyl (C=O) groups is 1. The normalized spacial score (nSPS) is 18.5. The lowest BCUT2D eigenvalue weighted by atomic mass is 10.00. The Hall–Kier alpha value is -0.280. The van der Waals surface area contributed by atoms with Crippen molar-refractivity contribution in [1.29, 1.82) is 0 Å². The van der Waals surface area contributed by atoms with Crippen molar-refractivity contribution in [2.24, 2.45) is 5.92 Å². The molecule has 1 saturated heterocycles. The first kappa shape index (κ1) is 10.7. The number of halogens is 1. The van der Waals surface area contributed by atoms with Gasteiger partial charge in [-0.1, -0.05) is 0 Å². The molecule has 0 radical (unpaired) electrons. The van der Waals surface area contributed by atoms with Crippen molar-refractivity contribution in [3.05, 3.63) is 0 Å². The second kappa shape index (κ2) is 6.43. The average Bonchev–Trinajstić information content (AvgIpc) is 2.03. The van der Waals surface area contributed by atoms with E-state index >= 15 is 0 Å². The topological polar surface area (TPSA) is 38.3 Å². The average molecular weight is 180 g/mol. The van der Waals surface area contributed by atoms with E-state index in [1.807, 2.05) is 0 Å². The highest BCUT2D eigenvalue weighted by Crippen LogP contribution is 2.10. The van der Waals surface area contributed by atoms with Crippen LogP contribution >= 0.6 is 12.4 Å². The summed E-state index contributed by atoms with van der Waals surface area (Å²) in [6.07, 6.45) is 2.27. The van der Waals surface area contributed by atoms with Gasteiger partial charge in [0.05, 0.1) is 6.61 Å². The Morgan fingerprint density at radius 3 is 2.64 bits per heavy atom. The zero-order valence-electron chi connectivity index (χ0n) is 6.41. The highest BCUT2D eigenvalue weighted by molar-refractivity contribution is 5.85. The summed E-state index contributed by atoms with van der Waals surface area (Å²) in [6.45, 7) is 3.26. The number of ether oxygens (including phenoxy) is 1. The van der Waals surface area contributed by atoms with Gasteiger partial charge in [0.15, 0.2) is 0 Å². The number of hydrogen-bond acceptors (Lipinski definition) is 3. The highest BCUT2D eigenvalue weighted by atomic mass is 35.5. The summed E-state index contributed by atoms with van der Waals surface area (Å²) < 4.78 is 4.66. The van der Waals surface area contributed by atoms with Crippen molar-refractivity contribution >= 4 is 18.9 Å². The standard InChI is InChI=1S/C7H13NO2.ClH/c9-6-10-5-7-1-3-8-4-2-7;/h6-8H,1-5H2;1H. The molecule has 0 unspecified atom stereocenters. The monoisotopic (exact) mass is 179 g/mol. The second-order valence-electron chi connectivity index (χ2n) is 2.62. The summed E-state index contributed by atoms with van der Waals surface area (Å²) in [7, 11) is 0. The quantitative estimate of drug-likeness (QED) is 0.645. The molecule has 3 nitrogen and oxygen atoms in total. The molecule has 0 saturated carbocycles. The molecule has 1 heterocycles. The molecule has 0 aromatic heterocycles. The molecule has 0 aromatic rings. The van der Waals surface area contributed by atoms with Crippen LogP contribution in [0.2, 0.25) is 0 Å². The molecular formula is C7H14ClNO2. The fraction of sp³-hybridized carbons (Fsp3) is 0.857. The minimum Gasteiger partial charge on any atom is -0.468 e. The van der Waals surface area contributed by atoms with E-state index in [-0.39, 0.29) is 12.4 Å². The first-order chi connectivity index (χ1) is 4.93. The molecule has 66 valence electrons. The van der Waals surface area contributed by atoms with Gasteiger partial charge >= 0.3 is 0 Å². The van der Waals surface area contributed by atoms with Crippen LogP contribution in [0.4, 0.5) is 0 Å². The third kappa shape index (κ3) is 4.22. The number of piperidine rings is 1. The maximum absolute atomic E-state index is 9.81. The van der Waals surface area contributed by atoms with Gasteiger partial charge in [0, 0.05) is 0 Å². The van der Waals surface area contributed by atoms with Crippen LogP contribution in [0.1, 0.15) is 12.8 Å². The molecule has 0 aromatic carbocycles. The van der Waals surface area contributed by atoms with Gasteiger partial charge in [-0.15, -0.1) is 12.4 Å². The second-order valence-corrected chi connectivity index (χ2v) is 2.62. The molecule has 1 aliphatic heterocycles. The largest absolute Gasteiger partial charge is 0.468 e. The van der Waals surface area contributed by atoms with Crippen LogP contribution < -0.4 is 5.32 Å². The van der Waals surface area contributed by atoms with Crippen molar-refractivity contribution in [3.63, 3.8) is 0 Å². The lowest BCUT2D eigenvalue weighted by molar-refractivity contribution is -0.130. The van der Waals surface area contributed by atoms with Crippen LogP contribution in [-0.4, -0.2) is 26.2 Å². The van der Waals surface area contributed by atoms with Crippen LogP contribution in [0.5, 0.6) is 0 Å². The molecule has 0 atom stereocenters. The van der Waals surface area contributed by atoms with Gasteiger partial charge in [0.25, 0.3) is 6.47 Å². The lowest BCUT2D eigenvalue weighted by Crippen LogP contribution is -2.29. The first-order valence-corrected chi connectivity index (χ1v) is 3.69. The predicted molar refractivity (Wildman–Crippen MR) is 44.9 cm³/mol. The number of hydrogen-bond donors (Lipinski definition) is 1. The molecule has 1 rings (SSSR count). The number of carbonyl (C=O) groups excluding carboxylic acids is 1. The molecular weight excluding hydrogens is 166 g/mol.